The normalized spacial score (nSPS) is 36.5. The molecule has 0 saturated carbocycles. The summed E-state index contributed by atoms with van der Waals surface area (Å²) in [4.78, 5) is 2.18. The molecule has 1 fully saturated rings. The topological polar surface area (TPSA) is 43.7 Å². The molecule has 0 spiro atoms. The van der Waals surface area contributed by atoms with Gasteiger partial charge in [-0.05, 0) is 19.8 Å². The lowest BCUT2D eigenvalue weighted by atomic mass is 9.98. The second-order valence-electron chi connectivity index (χ2n) is 4.58. The van der Waals surface area contributed by atoms with Crippen LogP contribution in [0.15, 0.2) is 0 Å². The minimum absolute atomic E-state index is 0.106. The summed E-state index contributed by atoms with van der Waals surface area (Å²) in [7, 11) is 0. The Morgan fingerprint density at radius 3 is 2.00 bits per heavy atom. The van der Waals surface area contributed by atoms with E-state index in [4.69, 9.17) is 0 Å². The molecule has 1 saturated heterocycles. The minimum Gasteiger partial charge on any atom is -0.389 e. The fraction of sp³-hybridized carbons (Fsp3) is 1.00. The predicted octanol–water partition coefficient (Wildman–Crippen LogP) is 0.457. The van der Waals surface area contributed by atoms with Gasteiger partial charge in [-0.25, -0.2) is 0 Å². The van der Waals surface area contributed by atoms with E-state index in [1.54, 1.807) is 0 Å². The van der Waals surface area contributed by atoms with Crippen molar-refractivity contribution in [2.75, 3.05) is 6.54 Å². The summed E-state index contributed by atoms with van der Waals surface area (Å²) in [6, 6.07) is 0.495. The van der Waals surface area contributed by atoms with Crippen LogP contribution in [0.5, 0.6) is 0 Å². The van der Waals surface area contributed by atoms with Gasteiger partial charge in [-0.2, -0.15) is 0 Å². The molecule has 3 atom stereocenters. The molecule has 3 heteroatoms. The summed E-state index contributed by atoms with van der Waals surface area (Å²) in [6.07, 6.45) is -1.16. The first-order chi connectivity index (χ1) is 5.95. The van der Waals surface area contributed by atoms with Crippen molar-refractivity contribution in [3.05, 3.63) is 0 Å². The Balaban J connectivity index is 2.74. The molecule has 78 valence electrons. The Hall–Kier alpha value is -0.120. The average Bonchev–Trinajstić information content (AvgIpc) is 2.28. The van der Waals surface area contributed by atoms with Crippen LogP contribution in [0.25, 0.3) is 0 Å². The predicted molar refractivity (Wildman–Crippen MR) is 52.5 cm³/mol. The summed E-state index contributed by atoms with van der Waals surface area (Å²) < 4.78 is 0. The standard InChI is InChI=1S/C10H21NO2/c1-6(2)9-10(13)8(12)5-11(9)7(3)4/h6-10,12-13H,5H2,1-4H3. The number of β-amino-alcohol motifs (C(OH)–C–C–N with tert-alkyl or cyclic N) is 1. The molecular formula is C10H21NO2. The zero-order valence-corrected chi connectivity index (χ0v) is 8.94. The average molecular weight is 187 g/mol. The van der Waals surface area contributed by atoms with Crippen LogP contribution in [0, 0.1) is 5.92 Å². The highest BCUT2D eigenvalue weighted by Gasteiger charge is 2.42. The molecule has 2 N–H and O–H groups in total. The molecule has 1 aliphatic rings. The lowest BCUT2D eigenvalue weighted by molar-refractivity contribution is 0.0236. The van der Waals surface area contributed by atoms with Gasteiger partial charge in [0, 0.05) is 18.6 Å². The maximum atomic E-state index is 9.76. The Morgan fingerprint density at radius 2 is 1.69 bits per heavy atom. The Bertz CT molecular complexity index is 170. The number of likely N-dealkylation sites (tertiary alicyclic amines) is 1. The van der Waals surface area contributed by atoms with E-state index in [9.17, 15) is 10.2 Å². The third-order valence-electron chi connectivity index (χ3n) is 2.87. The molecule has 0 bridgehead atoms. The van der Waals surface area contributed by atoms with E-state index in [0.29, 0.717) is 18.5 Å². The van der Waals surface area contributed by atoms with Crippen molar-refractivity contribution in [1.82, 2.24) is 4.90 Å². The van der Waals surface area contributed by atoms with Crippen LogP contribution in [0.4, 0.5) is 0 Å². The molecule has 0 aromatic heterocycles. The van der Waals surface area contributed by atoms with E-state index in [0.717, 1.165) is 0 Å². The molecule has 0 aromatic carbocycles. The van der Waals surface area contributed by atoms with Crippen LogP contribution >= 0.6 is 0 Å². The van der Waals surface area contributed by atoms with Gasteiger partial charge in [-0.15, -0.1) is 0 Å². The monoisotopic (exact) mass is 187 g/mol. The van der Waals surface area contributed by atoms with Crippen molar-refractivity contribution < 1.29 is 10.2 Å². The zero-order chi connectivity index (χ0) is 10.2. The van der Waals surface area contributed by atoms with Crippen LogP contribution in [-0.4, -0.2) is 45.9 Å². The molecule has 3 unspecified atom stereocenters. The van der Waals surface area contributed by atoms with E-state index >= 15 is 0 Å². The Labute approximate surface area is 80.4 Å². The van der Waals surface area contributed by atoms with Crippen LogP contribution in [-0.2, 0) is 0 Å². The van der Waals surface area contributed by atoms with Gasteiger partial charge < -0.3 is 10.2 Å². The van der Waals surface area contributed by atoms with Gasteiger partial charge in [0.1, 0.15) is 0 Å². The number of aliphatic hydroxyl groups is 2. The molecule has 1 rings (SSSR count). The summed E-state index contributed by atoms with van der Waals surface area (Å²) in [5.74, 6) is 0.384. The lowest BCUT2D eigenvalue weighted by Crippen LogP contribution is -2.43. The second-order valence-corrected chi connectivity index (χ2v) is 4.58. The molecule has 13 heavy (non-hydrogen) atoms. The van der Waals surface area contributed by atoms with E-state index < -0.39 is 12.2 Å². The number of hydrogen-bond donors (Lipinski definition) is 2. The number of rotatable bonds is 2. The fourth-order valence-electron chi connectivity index (χ4n) is 2.20. The van der Waals surface area contributed by atoms with Gasteiger partial charge in [0.2, 0.25) is 0 Å². The molecule has 0 aliphatic carbocycles. The summed E-state index contributed by atoms with van der Waals surface area (Å²) in [5.41, 5.74) is 0. The van der Waals surface area contributed by atoms with Gasteiger partial charge in [0.05, 0.1) is 12.2 Å². The molecule has 0 aromatic rings. The second kappa shape index (κ2) is 3.95. The highest BCUT2D eigenvalue weighted by Crippen LogP contribution is 2.26. The van der Waals surface area contributed by atoms with E-state index in [2.05, 4.69) is 32.6 Å². The van der Waals surface area contributed by atoms with Crippen molar-refractivity contribution in [1.29, 1.82) is 0 Å². The SMILES string of the molecule is CC(C)C1C(O)C(O)CN1C(C)C. The molecule has 0 amide bonds. The molecule has 3 nitrogen and oxygen atoms in total. The van der Waals surface area contributed by atoms with Crippen LogP contribution in [0.3, 0.4) is 0 Å². The first-order valence-electron chi connectivity index (χ1n) is 5.07. The lowest BCUT2D eigenvalue weighted by Gasteiger charge is -2.31. The van der Waals surface area contributed by atoms with Gasteiger partial charge in [0.15, 0.2) is 0 Å². The molecular weight excluding hydrogens is 166 g/mol. The fourth-order valence-corrected chi connectivity index (χ4v) is 2.20. The Kier molecular flexibility index (Phi) is 3.33. The third kappa shape index (κ3) is 2.03. The van der Waals surface area contributed by atoms with Gasteiger partial charge in [-0.3, -0.25) is 4.90 Å². The first-order valence-corrected chi connectivity index (χ1v) is 5.07. The van der Waals surface area contributed by atoms with Crippen LogP contribution in [0.1, 0.15) is 27.7 Å². The first kappa shape index (κ1) is 11.0. The Morgan fingerprint density at radius 1 is 1.15 bits per heavy atom. The molecule has 1 aliphatic heterocycles. The van der Waals surface area contributed by atoms with Crippen molar-refractivity contribution in [3.8, 4) is 0 Å². The largest absolute Gasteiger partial charge is 0.389 e. The van der Waals surface area contributed by atoms with Crippen LogP contribution in [0.2, 0.25) is 0 Å². The van der Waals surface area contributed by atoms with Gasteiger partial charge >= 0.3 is 0 Å². The van der Waals surface area contributed by atoms with Crippen molar-refractivity contribution in [3.63, 3.8) is 0 Å². The van der Waals surface area contributed by atoms with E-state index in [1.807, 2.05) is 0 Å². The summed E-state index contributed by atoms with van der Waals surface area (Å²) >= 11 is 0. The highest BCUT2D eigenvalue weighted by atomic mass is 16.3. The zero-order valence-electron chi connectivity index (χ0n) is 8.94. The minimum atomic E-state index is -0.581. The van der Waals surface area contributed by atoms with Gasteiger partial charge in [-0.1, -0.05) is 13.8 Å². The molecule has 1 heterocycles. The highest BCUT2D eigenvalue weighted by molar-refractivity contribution is 4.95. The number of aliphatic hydroxyl groups excluding tert-OH is 2. The third-order valence-corrected chi connectivity index (χ3v) is 2.87. The van der Waals surface area contributed by atoms with Crippen molar-refractivity contribution in [2.45, 2.75) is 52.0 Å². The van der Waals surface area contributed by atoms with Gasteiger partial charge in [0.25, 0.3) is 0 Å². The van der Waals surface area contributed by atoms with Crippen molar-refractivity contribution >= 4 is 0 Å². The van der Waals surface area contributed by atoms with Crippen LogP contribution < -0.4 is 0 Å². The summed E-state index contributed by atoms with van der Waals surface area (Å²) in [6.45, 7) is 8.96. The number of nitrogens with zero attached hydrogens (tertiary/aromatic N) is 1. The molecule has 0 radical (unpaired) electrons. The quantitative estimate of drug-likeness (QED) is 0.660. The maximum absolute atomic E-state index is 9.76. The van der Waals surface area contributed by atoms with E-state index in [1.165, 1.54) is 0 Å². The summed E-state index contributed by atoms with van der Waals surface area (Å²) in [5, 5.41) is 19.3. The smallest absolute Gasteiger partial charge is 0.0969 e. The maximum Gasteiger partial charge on any atom is 0.0969 e. The number of hydrogen-bond acceptors (Lipinski definition) is 3. The van der Waals surface area contributed by atoms with Crippen molar-refractivity contribution in [2.24, 2.45) is 5.92 Å². The van der Waals surface area contributed by atoms with E-state index in [-0.39, 0.29) is 6.04 Å².